The van der Waals surface area contributed by atoms with Crippen LogP contribution in [0.15, 0.2) is 89.8 Å². The van der Waals surface area contributed by atoms with Crippen molar-refractivity contribution in [3.8, 4) is 0 Å². The van der Waals surface area contributed by atoms with E-state index in [4.69, 9.17) is 11.6 Å². The molecule has 142 valence electrons. The van der Waals surface area contributed by atoms with Gasteiger partial charge in [0.25, 0.3) is 10.1 Å². The Balaban J connectivity index is 1.72. The summed E-state index contributed by atoms with van der Waals surface area (Å²) in [5.41, 5.74) is 7.14. The number of nitrogens with one attached hydrogen (secondary N) is 1. The first-order chi connectivity index (χ1) is 13.4. The summed E-state index contributed by atoms with van der Waals surface area (Å²) in [6.07, 6.45) is 2.11. The molecule has 0 saturated carbocycles. The van der Waals surface area contributed by atoms with Gasteiger partial charge in [0.15, 0.2) is 0 Å². The molecule has 3 aromatic rings. The monoisotopic (exact) mass is 412 g/mol. The van der Waals surface area contributed by atoms with E-state index in [1.807, 2.05) is 59.6 Å². The van der Waals surface area contributed by atoms with E-state index in [1.165, 1.54) is 12.1 Å². The first-order valence-corrected chi connectivity index (χ1v) is 10.4. The van der Waals surface area contributed by atoms with Gasteiger partial charge in [0, 0.05) is 5.02 Å². The largest absolute Gasteiger partial charge is 0.297 e. The van der Waals surface area contributed by atoms with E-state index in [0.717, 1.165) is 22.5 Å². The van der Waals surface area contributed by atoms with Crippen molar-refractivity contribution in [2.45, 2.75) is 10.9 Å². The molecule has 7 heteroatoms. The van der Waals surface area contributed by atoms with Crippen LogP contribution in [0.3, 0.4) is 0 Å². The van der Waals surface area contributed by atoms with E-state index in [9.17, 15) is 13.0 Å². The van der Waals surface area contributed by atoms with Gasteiger partial charge in [-0.15, -0.1) is 0 Å². The lowest BCUT2D eigenvalue weighted by Crippen LogP contribution is -2.33. The predicted octanol–water partition coefficient (Wildman–Crippen LogP) is 4.69. The fraction of sp³-hybridized carbons (Fsp3) is 0.0476. The smallest absolute Gasteiger partial charge is 0.294 e. The molecule has 1 atom stereocenters. The summed E-state index contributed by atoms with van der Waals surface area (Å²) in [4.78, 5) is -0.141. The first-order valence-electron chi connectivity index (χ1n) is 8.58. The lowest BCUT2D eigenvalue weighted by molar-refractivity contribution is 0.483. The molecular formula is C21H17ClN2O3S. The Kier molecular flexibility index (Phi) is 4.85. The molecule has 3 aromatic carbocycles. The van der Waals surface area contributed by atoms with Gasteiger partial charge in [-0.25, -0.2) is 0 Å². The summed E-state index contributed by atoms with van der Waals surface area (Å²) in [6, 6.07) is 23.5. The number of rotatable bonds is 4. The van der Waals surface area contributed by atoms with E-state index in [1.54, 1.807) is 12.1 Å². The highest BCUT2D eigenvalue weighted by Gasteiger charge is 2.27. The molecule has 1 heterocycles. The van der Waals surface area contributed by atoms with Crippen molar-refractivity contribution in [2.75, 3.05) is 5.01 Å². The van der Waals surface area contributed by atoms with Crippen LogP contribution in [0.2, 0.25) is 5.02 Å². The van der Waals surface area contributed by atoms with E-state index >= 15 is 0 Å². The van der Waals surface area contributed by atoms with Crippen LogP contribution in [-0.2, 0) is 10.1 Å². The molecule has 0 aliphatic carbocycles. The molecule has 1 aliphatic rings. The van der Waals surface area contributed by atoms with Crippen LogP contribution in [-0.4, -0.2) is 13.0 Å². The SMILES string of the molecule is O=S(=O)(O)c1ccc(N2NC(c3ccc(Cl)cc3)=CC2c2ccccc2)cc1. The zero-order valence-corrected chi connectivity index (χ0v) is 16.2. The summed E-state index contributed by atoms with van der Waals surface area (Å²) >= 11 is 6.00. The molecule has 5 nitrogen and oxygen atoms in total. The lowest BCUT2D eigenvalue weighted by atomic mass is 10.0. The number of anilines is 1. The van der Waals surface area contributed by atoms with Crippen molar-refractivity contribution in [1.82, 2.24) is 5.43 Å². The summed E-state index contributed by atoms with van der Waals surface area (Å²) in [5.74, 6) is 0. The van der Waals surface area contributed by atoms with Crippen LogP contribution in [0.25, 0.3) is 5.70 Å². The molecular weight excluding hydrogens is 396 g/mol. The average molecular weight is 413 g/mol. The third-order valence-corrected chi connectivity index (χ3v) is 5.67. The normalized spacial score (nSPS) is 16.6. The zero-order chi connectivity index (χ0) is 19.7. The Morgan fingerprint density at radius 3 is 2.14 bits per heavy atom. The van der Waals surface area contributed by atoms with Crippen LogP contribution >= 0.6 is 11.6 Å². The fourth-order valence-corrected chi connectivity index (χ4v) is 3.76. The van der Waals surface area contributed by atoms with Crippen LogP contribution in [0.1, 0.15) is 17.2 Å². The molecule has 0 bridgehead atoms. The van der Waals surface area contributed by atoms with Crippen molar-refractivity contribution in [3.63, 3.8) is 0 Å². The Labute approximate surface area is 168 Å². The molecule has 28 heavy (non-hydrogen) atoms. The van der Waals surface area contributed by atoms with Crippen LogP contribution in [0, 0.1) is 0 Å². The molecule has 4 rings (SSSR count). The van der Waals surface area contributed by atoms with Gasteiger partial charge in [-0.3, -0.25) is 15.0 Å². The minimum absolute atomic E-state index is 0.0940. The van der Waals surface area contributed by atoms with E-state index in [2.05, 4.69) is 11.5 Å². The van der Waals surface area contributed by atoms with Crippen molar-refractivity contribution < 1.29 is 13.0 Å². The Hall–Kier alpha value is -2.80. The fourth-order valence-electron chi connectivity index (χ4n) is 3.16. The predicted molar refractivity (Wildman–Crippen MR) is 110 cm³/mol. The van der Waals surface area contributed by atoms with Crippen molar-refractivity contribution in [2.24, 2.45) is 0 Å². The number of halogens is 1. The maximum absolute atomic E-state index is 11.3. The topological polar surface area (TPSA) is 69.6 Å². The first kappa shape index (κ1) is 18.6. The van der Waals surface area contributed by atoms with Gasteiger partial charge < -0.3 is 0 Å². The molecule has 1 aliphatic heterocycles. The van der Waals surface area contributed by atoms with Gasteiger partial charge >= 0.3 is 0 Å². The van der Waals surface area contributed by atoms with E-state index < -0.39 is 10.1 Å². The second-order valence-corrected chi connectivity index (χ2v) is 8.25. The van der Waals surface area contributed by atoms with Crippen LogP contribution < -0.4 is 10.4 Å². The summed E-state index contributed by atoms with van der Waals surface area (Å²) < 4.78 is 31.9. The number of nitrogens with zero attached hydrogens (tertiary/aromatic N) is 1. The zero-order valence-electron chi connectivity index (χ0n) is 14.7. The third kappa shape index (κ3) is 3.75. The third-order valence-electron chi connectivity index (χ3n) is 4.55. The maximum atomic E-state index is 11.3. The van der Waals surface area contributed by atoms with Crippen LogP contribution in [0.5, 0.6) is 0 Å². The number of benzene rings is 3. The quantitative estimate of drug-likeness (QED) is 0.608. The highest BCUT2D eigenvalue weighted by atomic mass is 35.5. The summed E-state index contributed by atoms with van der Waals surface area (Å²) in [7, 11) is -4.23. The molecule has 0 aromatic heterocycles. The second-order valence-electron chi connectivity index (χ2n) is 6.39. The number of hydrazine groups is 1. The van der Waals surface area contributed by atoms with Gasteiger partial charge in [0.1, 0.15) is 0 Å². The summed E-state index contributed by atoms with van der Waals surface area (Å²) in [6.45, 7) is 0. The lowest BCUT2D eigenvalue weighted by Gasteiger charge is -2.27. The van der Waals surface area contributed by atoms with Crippen LogP contribution in [0.4, 0.5) is 5.69 Å². The standard InChI is InChI=1S/C21H17ClN2O3S/c22-17-8-6-15(7-9-17)20-14-21(16-4-2-1-3-5-16)24(23-20)18-10-12-19(13-11-18)28(25,26)27/h1-14,21,23H,(H,25,26,27). The Morgan fingerprint density at radius 2 is 1.54 bits per heavy atom. The molecule has 0 spiro atoms. The van der Waals surface area contributed by atoms with Crippen molar-refractivity contribution in [3.05, 3.63) is 101 Å². The maximum Gasteiger partial charge on any atom is 0.294 e. The molecule has 0 fully saturated rings. The van der Waals surface area contributed by atoms with Gasteiger partial charge in [0.2, 0.25) is 0 Å². The second kappa shape index (κ2) is 7.31. The van der Waals surface area contributed by atoms with E-state index in [-0.39, 0.29) is 10.9 Å². The molecule has 0 saturated heterocycles. The molecule has 1 unspecified atom stereocenters. The van der Waals surface area contributed by atoms with Gasteiger partial charge in [-0.05, 0) is 53.6 Å². The highest BCUT2D eigenvalue weighted by Crippen LogP contribution is 2.35. The van der Waals surface area contributed by atoms with Gasteiger partial charge in [-0.2, -0.15) is 8.42 Å². The van der Waals surface area contributed by atoms with Crippen molar-refractivity contribution >= 4 is 33.1 Å². The molecule has 0 amide bonds. The average Bonchev–Trinajstić information content (AvgIpc) is 3.14. The number of hydrogen-bond donors (Lipinski definition) is 2. The van der Waals surface area contributed by atoms with Gasteiger partial charge in [0.05, 0.1) is 22.3 Å². The Bertz CT molecular complexity index is 1110. The van der Waals surface area contributed by atoms with E-state index in [0.29, 0.717) is 5.02 Å². The Morgan fingerprint density at radius 1 is 0.893 bits per heavy atom. The number of hydrogen-bond acceptors (Lipinski definition) is 4. The minimum Gasteiger partial charge on any atom is -0.297 e. The minimum atomic E-state index is -4.23. The van der Waals surface area contributed by atoms with Gasteiger partial charge in [-0.1, -0.05) is 54.1 Å². The molecule has 2 N–H and O–H groups in total. The summed E-state index contributed by atoms with van der Waals surface area (Å²) in [5, 5.41) is 2.62. The van der Waals surface area contributed by atoms with Crippen molar-refractivity contribution in [1.29, 1.82) is 0 Å². The highest BCUT2D eigenvalue weighted by molar-refractivity contribution is 7.85. The molecule has 0 radical (unpaired) electrons.